The lowest BCUT2D eigenvalue weighted by atomic mass is 9.78. The molecule has 0 N–H and O–H groups in total. The highest BCUT2D eigenvalue weighted by molar-refractivity contribution is 5.88. The van der Waals surface area contributed by atoms with Gasteiger partial charge in [0.05, 0.1) is 11.4 Å². The van der Waals surface area contributed by atoms with Crippen LogP contribution in [0.25, 0.3) is 17.0 Å². The summed E-state index contributed by atoms with van der Waals surface area (Å²) in [6, 6.07) is 8.32. The SMILES string of the molecule is CC(C)=C1c2cccnc2-c2ncccc2C1C. The molecule has 3 rings (SSSR count). The van der Waals surface area contributed by atoms with Crippen LogP contribution in [0.5, 0.6) is 0 Å². The third-order valence-corrected chi connectivity index (χ3v) is 3.60. The van der Waals surface area contributed by atoms with E-state index in [9.17, 15) is 0 Å². The van der Waals surface area contributed by atoms with Gasteiger partial charge in [-0.1, -0.05) is 24.6 Å². The smallest absolute Gasteiger partial charge is 0.0964 e. The first-order valence-corrected chi connectivity index (χ1v) is 6.28. The summed E-state index contributed by atoms with van der Waals surface area (Å²) in [5.74, 6) is 0.385. The molecule has 0 bridgehead atoms. The highest BCUT2D eigenvalue weighted by atomic mass is 14.8. The molecular weight excluding hydrogens is 220 g/mol. The normalized spacial score (nSPS) is 17.1. The molecule has 2 heteroatoms. The third kappa shape index (κ3) is 1.49. The summed E-state index contributed by atoms with van der Waals surface area (Å²) >= 11 is 0. The lowest BCUT2D eigenvalue weighted by molar-refractivity contribution is 0.942. The van der Waals surface area contributed by atoms with Gasteiger partial charge in [0.25, 0.3) is 0 Å². The van der Waals surface area contributed by atoms with Gasteiger partial charge in [0.15, 0.2) is 0 Å². The second kappa shape index (κ2) is 4.05. The molecule has 0 spiro atoms. The standard InChI is InChI=1S/C16H16N2/c1-10(2)14-11(3)12-6-4-8-17-15(12)16-13(14)7-5-9-18-16/h4-9,11H,1-3H3. The van der Waals surface area contributed by atoms with Gasteiger partial charge in [-0.3, -0.25) is 9.97 Å². The van der Waals surface area contributed by atoms with Gasteiger partial charge in [0.2, 0.25) is 0 Å². The first-order valence-electron chi connectivity index (χ1n) is 6.28. The molecule has 90 valence electrons. The first kappa shape index (κ1) is 11.1. The molecule has 2 nitrogen and oxygen atoms in total. The summed E-state index contributed by atoms with van der Waals surface area (Å²) < 4.78 is 0. The van der Waals surface area contributed by atoms with Crippen LogP contribution in [0, 0.1) is 0 Å². The quantitative estimate of drug-likeness (QED) is 0.689. The molecule has 0 saturated carbocycles. The fraction of sp³-hybridized carbons (Fsp3) is 0.250. The van der Waals surface area contributed by atoms with Crippen LogP contribution >= 0.6 is 0 Å². The van der Waals surface area contributed by atoms with Gasteiger partial charge in [-0.15, -0.1) is 0 Å². The minimum Gasteiger partial charge on any atom is -0.254 e. The van der Waals surface area contributed by atoms with Gasteiger partial charge in [-0.2, -0.15) is 0 Å². The molecular formula is C16H16N2. The second-order valence-electron chi connectivity index (χ2n) is 4.98. The molecule has 0 aliphatic heterocycles. The van der Waals surface area contributed by atoms with Crippen LogP contribution in [0.15, 0.2) is 42.2 Å². The fourth-order valence-electron chi connectivity index (χ4n) is 2.87. The molecule has 2 heterocycles. The first-order chi connectivity index (χ1) is 8.70. The summed E-state index contributed by atoms with van der Waals surface area (Å²) in [7, 11) is 0. The van der Waals surface area contributed by atoms with Gasteiger partial charge in [-0.05, 0) is 37.1 Å². The Labute approximate surface area is 107 Å². The van der Waals surface area contributed by atoms with Crippen LogP contribution < -0.4 is 0 Å². The Morgan fingerprint density at radius 2 is 1.67 bits per heavy atom. The third-order valence-electron chi connectivity index (χ3n) is 3.60. The van der Waals surface area contributed by atoms with Crippen molar-refractivity contribution in [3.63, 3.8) is 0 Å². The molecule has 18 heavy (non-hydrogen) atoms. The number of hydrogen-bond donors (Lipinski definition) is 0. The predicted octanol–water partition coefficient (Wildman–Crippen LogP) is 4.05. The molecule has 1 atom stereocenters. The van der Waals surface area contributed by atoms with E-state index >= 15 is 0 Å². The number of aromatic nitrogens is 2. The molecule has 0 aromatic carbocycles. The molecule has 1 aliphatic carbocycles. The number of pyridine rings is 2. The number of allylic oxidation sites excluding steroid dienone is 2. The molecule has 0 radical (unpaired) electrons. The zero-order valence-corrected chi connectivity index (χ0v) is 10.9. The van der Waals surface area contributed by atoms with Crippen LogP contribution in [0.4, 0.5) is 0 Å². The maximum absolute atomic E-state index is 4.53. The van der Waals surface area contributed by atoms with Crippen molar-refractivity contribution in [2.24, 2.45) is 0 Å². The Hall–Kier alpha value is -1.96. The molecule has 1 unspecified atom stereocenters. The minimum absolute atomic E-state index is 0.385. The van der Waals surface area contributed by atoms with Crippen molar-refractivity contribution >= 4 is 5.57 Å². The highest BCUT2D eigenvalue weighted by Crippen LogP contribution is 2.45. The van der Waals surface area contributed by atoms with E-state index in [1.54, 1.807) is 0 Å². The Morgan fingerprint density at radius 1 is 1.00 bits per heavy atom. The summed E-state index contributed by atoms with van der Waals surface area (Å²) in [6.07, 6.45) is 3.69. The van der Waals surface area contributed by atoms with Crippen molar-refractivity contribution in [3.8, 4) is 11.4 Å². The maximum Gasteiger partial charge on any atom is 0.0964 e. The van der Waals surface area contributed by atoms with Crippen molar-refractivity contribution in [2.45, 2.75) is 26.7 Å². The van der Waals surface area contributed by atoms with Gasteiger partial charge >= 0.3 is 0 Å². The van der Waals surface area contributed by atoms with E-state index in [1.807, 2.05) is 24.5 Å². The highest BCUT2D eigenvalue weighted by Gasteiger charge is 2.28. The van der Waals surface area contributed by atoms with Crippen molar-refractivity contribution < 1.29 is 0 Å². The van der Waals surface area contributed by atoms with Crippen molar-refractivity contribution in [2.75, 3.05) is 0 Å². The summed E-state index contributed by atoms with van der Waals surface area (Å²) in [4.78, 5) is 9.05. The van der Waals surface area contributed by atoms with Crippen LogP contribution in [-0.2, 0) is 0 Å². The topological polar surface area (TPSA) is 25.8 Å². The fourth-order valence-corrected chi connectivity index (χ4v) is 2.87. The maximum atomic E-state index is 4.53. The lowest BCUT2D eigenvalue weighted by Crippen LogP contribution is -2.11. The van der Waals surface area contributed by atoms with Gasteiger partial charge < -0.3 is 0 Å². The number of hydrogen-bond acceptors (Lipinski definition) is 2. The summed E-state index contributed by atoms with van der Waals surface area (Å²) in [5.41, 5.74) is 7.30. The number of fused-ring (bicyclic) bond motifs is 3. The zero-order valence-electron chi connectivity index (χ0n) is 10.9. The van der Waals surface area contributed by atoms with Gasteiger partial charge in [-0.25, -0.2) is 0 Å². The molecule has 2 aromatic rings. The molecule has 0 saturated heterocycles. The second-order valence-corrected chi connectivity index (χ2v) is 4.98. The van der Waals surface area contributed by atoms with E-state index in [-0.39, 0.29) is 0 Å². The Balaban J connectivity index is 2.39. The molecule has 2 aromatic heterocycles. The summed E-state index contributed by atoms with van der Waals surface area (Å²) in [5, 5.41) is 0. The lowest BCUT2D eigenvalue weighted by Gasteiger charge is -2.27. The number of nitrogens with zero attached hydrogens (tertiary/aromatic N) is 2. The van der Waals surface area contributed by atoms with Crippen LogP contribution in [0.1, 0.15) is 37.8 Å². The van der Waals surface area contributed by atoms with Crippen LogP contribution in [0.2, 0.25) is 0 Å². The van der Waals surface area contributed by atoms with Crippen LogP contribution in [-0.4, -0.2) is 9.97 Å². The van der Waals surface area contributed by atoms with Gasteiger partial charge in [0, 0.05) is 23.9 Å². The number of rotatable bonds is 0. The largest absolute Gasteiger partial charge is 0.254 e. The van der Waals surface area contributed by atoms with E-state index in [2.05, 4.69) is 42.9 Å². The van der Waals surface area contributed by atoms with E-state index in [4.69, 9.17) is 0 Å². The molecule has 0 fully saturated rings. The summed E-state index contributed by atoms with van der Waals surface area (Å²) in [6.45, 7) is 6.59. The average molecular weight is 236 g/mol. The van der Waals surface area contributed by atoms with Crippen molar-refractivity contribution in [1.29, 1.82) is 0 Å². The Kier molecular flexibility index (Phi) is 2.51. The van der Waals surface area contributed by atoms with E-state index < -0.39 is 0 Å². The predicted molar refractivity (Wildman–Crippen MR) is 74.2 cm³/mol. The Bertz CT molecular complexity index is 637. The van der Waals surface area contributed by atoms with Gasteiger partial charge in [0.1, 0.15) is 0 Å². The van der Waals surface area contributed by atoms with E-state index in [0.29, 0.717) is 5.92 Å². The van der Waals surface area contributed by atoms with Crippen LogP contribution in [0.3, 0.4) is 0 Å². The van der Waals surface area contributed by atoms with Crippen molar-refractivity contribution in [3.05, 3.63) is 53.4 Å². The minimum atomic E-state index is 0.385. The Morgan fingerprint density at radius 3 is 2.39 bits per heavy atom. The average Bonchev–Trinajstić information content (AvgIpc) is 2.39. The van der Waals surface area contributed by atoms with Crippen molar-refractivity contribution in [1.82, 2.24) is 9.97 Å². The molecule has 1 aliphatic rings. The molecule has 0 amide bonds. The van der Waals surface area contributed by atoms with E-state index in [0.717, 1.165) is 11.4 Å². The van der Waals surface area contributed by atoms with E-state index in [1.165, 1.54) is 22.3 Å². The monoisotopic (exact) mass is 236 g/mol. The zero-order chi connectivity index (χ0) is 12.7.